The average molecular weight is 373 g/mol. The molecule has 1 aliphatic rings. The van der Waals surface area contributed by atoms with Crippen LogP contribution in [-0.2, 0) is 4.79 Å². The molecule has 0 bridgehead atoms. The highest BCUT2D eigenvalue weighted by molar-refractivity contribution is 8.27. The summed E-state index contributed by atoms with van der Waals surface area (Å²) in [4.78, 5) is 17.6. The second kappa shape index (κ2) is 8.55. The second-order valence-corrected chi connectivity index (χ2v) is 6.53. The molecule has 128 valence electrons. The van der Waals surface area contributed by atoms with Crippen LogP contribution in [0.1, 0.15) is 6.92 Å². The topological polar surface area (TPSA) is 58.7 Å². The van der Waals surface area contributed by atoms with Gasteiger partial charge < -0.3 is 5.73 Å². The highest BCUT2D eigenvalue weighted by Crippen LogP contribution is 2.34. The molecular formula is C18H16FN3OS2. The lowest BCUT2D eigenvalue weighted by atomic mass is 10.3. The van der Waals surface area contributed by atoms with E-state index in [0.717, 1.165) is 5.69 Å². The molecule has 0 aromatic heterocycles. The smallest absolute Gasteiger partial charge is 0.270 e. The fourth-order valence-corrected chi connectivity index (χ4v) is 3.23. The molecule has 2 N–H and O–H groups in total. The van der Waals surface area contributed by atoms with Crippen LogP contribution in [0.4, 0.5) is 21.5 Å². The number of carbonyl (C=O) groups is 1. The van der Waals surface area contributed by atoms with Gasteiger partial charge in [-0.1, -0.05) is 42.2 Å². The fourth-order valence-electron chi connectivity index (χ4n) is 2.00. The molecule has 0 spiro atoms. The molecule has 1 amide bonds. The number of hydrogen-bond acceptors (Lipinski definition) is 5. The van der Waals surface area contributed by atoms with E-state index in [-0.39, 0.29) is 11.7 Å². The van der Waals surface area contributed by atoms with E-state index in [1.165, 1.54) is 28.8 Å². The Morgan fingerprint density at radius 2 is 1.88 bits per heavy atom. The van der Waals surface area contributed by atoms with E-state index in [1.54, 1.807) is 31.2 Å². The molecule has 1 heterocycles. The molecule has 0 unspecified atom stereocenters. The minimum atomic E-state index is -0.333. The maximum Gasteiger partial charge on any atom is 0.270 e. The van der Waals surface area contributed by atoms with E-state index in [4.69, 9.17) is 18.0 Å². The Balaban J connectivity index is 0.000000212. The molecule has 2 aromatic rings. The predicted octanol–water partition coefficient (Wildman–Crippen LogP) is 4.70. The van der Waals surface area contributed by atoms with Crippen molar-refractivity contribution in [1.29, 1.82) is 0 Å². The number of para-hydroxylation sites is 2. The second-order valence-electron chi connectivity index (χ2n) is 4.85. The monoisotopic (exact) mass is 373 g/mol. The molecule has 0 atom stereocenters. The van der Waals surface area contributed by atoms with E-state index in [9.17, 15) is 9.18 Å². The third kappa shape index (κ3) is 4.52. The summed E-state index contributed by atoms with van der Waals surface area (Å²) in [5.41, 5.74) is 7.52. The normalized spacial score (nSPS) is 15.1. The van der Waals surface area contributed by atoms with Crippen LogP contribution in [0.3, 0.4) is 0 Å². The lowest BCUT2D eigenvalue weighted by Crippen LogP contribution is -2.27. The van der Waals surface area contributed by atoms with Crippen LogP contribution in [0, 0.1) is 5.82 Å². The van der Waals surface area contributed by atoms with Crippen LogP contribution in [0.15, 0.2) is 64.5 Å². The molecule has 3 rings (SSSR count). The highest BCUT2D eigenvalue weighted by Gasteiger charge is 2.32. The van der Waals surface area contributed by atoms with Crippen LogP contribution >= 0.6 is 24.0 Å². The third-order valence-corrected chi connectivity index (χ3v) is 4.67. The van der Waals surface area contributed by atoms with E-state index in [2.05, 4.69) is 11.7 Å². The van der Waals surface area contributed by atoms with Crippen molar-refractivity contribution in [2.24, 2.45) is 4.99 Å². The Labute approximate surface area is 155 Å². The number of halogens is 1. The molecule has 7 heteroatoms. The molecule has 0 radical (unpaired) electrons. The quantitative estimate of drug-likeness (QED) is 0.359. The molecule has 0 saturated carbocycles. The van der Waals surface area contributed by atoms with E-state index < -0.39 is 0 Å². The van der Waals surface area contributed by atoms with Crippen molar-refractivity contribution in [3.63, 3.8) is 0 Å². The first-order chi connectivity index (χ1) is 12.0. The number of rotatable bonds is 2. The van der Waals surface area contributed by atoms with Crippen molar-refractivity contribution in [3.8, 4) is 0 Å². The van der Waals surface area contributed by atoms with E-state index in [0.29, 0.717) is 20.6 Å². The van der Waals surface area contributed by atoms with Crippen LogP contribution in [-0.4, -0.2) is 16.9 Å². The number of benzene rings is 2. The Morgan fingerprint density at radius 1 is 1.24 bits per heavy atom. The van der Waals surface area contributed by atoms with Crippen LogP contribution in [0.2, 0.25) is 0 Å². The van der Waals surface area contributed by atoms with Crippen molar-refractivity contribution in [2.75, 3.05) is 10.6 Å². The SMILES string of the molecule is C/C=C1/SC(=S)N(c2ccc(F)cc2)C1=O.C=Nc1ccccc1N. The fraction of sp³-hybridized carbons (Fsp3) is 0.0556. The minimum Gasteiger partial charge on any atom is -0.397 e. The number of allylic oxidation sites excluding steroid dienone is 1. The van der Waals surface area contributed by atoms with Gasteiger partial charge in [0.05, 0.1) is 22.0 Å². The zero-order chi connectivity index (χ0) is 18.4. The van der Waals surface area contributed by atoms with Crippen molar-refractivity contribution < 1.29 is 9.18 Å². The third-order valence-electron chi connectivity index (χ3n) is 3.25. The molecule has 1 saturated heterocycles. The molecule has 4 nitrogen and oxygen atoms in total. The lowest BCUT2D eigenvalue weighted by molar-refractivity contribution is -0.113. The number of thiocarbonyl (C=S) groups is 1. The summed E-state index contributed by atoms with van der Waals surface area (Å²) >= 11 is 6.37. The summed E-state index contributed by atoms with van der Waals surface area (Å²) in [6, 6.07) is 13.1. The molecular weight excluding hydrogens is 357 g/mol. The van der Waals surface area contributed by atoms with Gasteiger partial charge in [0.15, 0.2) is 4.32 Å². The van der Waals surface area contributed by atoms with Crippen molar-refractivity contribution in [3.05, 3.63) is 65.3 Å². The summed E-state index contributed by atoms with van der Waals surface area (Å²) in [6.45, 7) is 5.15. The maximum atomic E-state index is 12.8. The van der Waals surface area contributed by atoms with E-state index >= 15 is 0 Å². The molecule has 1 aliphatic heterocycles. The first-order valence-electron chi connectivity index (χ1n) is 7.27. The summed E-state index contributed by atoms with van der Waals surface area (Å²) in [6.07, 6.45) is 1.73. The number of aliphatic imine (C=N–C) groups is 1. The van der Waals surface area contributed by atoms with Gasteiger partial charge in [0.2, 0.25) is 0 Å². The van der Waals surface area contributed by atoms with Crippen molar-refractivity contribution in [1.82, 2.24) is 0 Å². The van der Waals surface area contributed by atoms with Crippen LogP contribution in [0.5, 0.6) is 0 Å². The highest BCUT2D eigenvalue weighted by atomic mass is 32.2. The number of nitrogen functional groups attached to an aromatic ring is 1. The molecule has 25 heavy (non-hydrogen) atoms. The van der Waals surface area contributed by atoms with Crippen LogP contribution < -0.4 is 10.6 Å². The number of nitrogens with two attached hydrogens (primary N) is 1. The van der Waals surface area contributed by atoms with Gasteiger partial charge in [-0.25, -0.2) is 4.39 Å². The number of anilines is 2. The zero-order valence-corrected chi connectivity index (χ0v) is 15.1. The molecule has 1 fully saturated rings. The van der Waals surface area contributed by atoms with Gasteiger partial charge in [-0.05, 0) is 50.0 Å². The molecule has 2 aromatic carbocycles. The van der Waals surface area contributed by atoms with Gasteiger partial charge >= 0.3 is 0 Å². The summed E-state index contributed by atoms with van der Waals surface area (Å²) in [5, 5.41) is 0. The number of hydrogen-bond donors (Lipinski definition) is 1. The first-order valence-corrected chi connectivity index (χ1v) is 8.49. The number of nitrogens with zero attached hydrogens (tertiary/aromatic N) is 2. The first kappa shape index (κ1) is 18.8. The Kier molecular flexibility index (Phi) is 6.44. The van der Waals surface area contributed by atoms with Gasteiger partial charge in [-0.2, -0.15) is 0 Å². The maximum absolute atomic E-state index is 12.8. The summed E-state index contributed by atoms with van der Waals surface area (Å²) in [5.74, 6) is -0.482. The standard InChI is InChI=1S/C11H8FNOS2.C7H8N2/c1-2-9-10(14)13(11(15)16-9)8-5-3-7(12)4-6-8;1-9-7-5-3-2-4-6(7)8/h2-6H,1H3;2-5H,1,8H2/b9-2+;. The minimum absolute atomic E-state index is 0.149. The summed E-state index contributed by atoms with van der Waals surface area (Å²) in [7, 11) is 0. The predicted molar refractivity (Wildman–Crippen MR) is 108 cm³/mol. The van der Waals surface area contributed by atoms with Crippen LogP contribution in [0.25, 0.3) is 0 Å². The Hall–Kier alpha value is -2.51. The largest absolute Gasteiger partial charge is 0.397 e. The van der Waals surface area contributed by atoms with Crippen molar-refractivity contribution >= 4 is 58.0 Å². The molecule has 0 aliphatic carbocycles. The average Bonchev–Trinajstić information content (AvgIpc) is 2.91. The Bertz CT molecular complexity index is 834. The number of carbonyl (C=O) groups excluding carboxylic acids is 1. The van der Waals surface area contributed by atoms with Crippen molar-refractivity contribution in [2.45, 2.75) is 6.92 Å². The lowest BCUT2D eigenvalue weighted by Gasteiger charge is -2.13. The van der Waals surface area contributed by atoms with Gasteiger partial charge in [-0.3, -0.25) is 14.7 Å². The Morgan fingerprint density at radius 3 is 2.36 bits per heavy atom. The zero-order valence-electron chi connectivity index (χ0n) is 13.5. The van der Waals surface area contributed by atoms with Gasteiger partial charge in [0, 0.05) is 0 Å². The van der Waals surface area contributed by atoms with Gasteiger partial charge in [0.25, 0.3) is 5.91 Å². The number of amides is 1. The van der Waals surface area contributed by atoms with Gasteiger partial charge in [0.1, 0.15) is 5.82 Å². The summed E-state index contributed by atoms with van der Waals surface area (Å²) < 4.78 is 13.2. The van der Waals surface area contributed by atoms with E-state index in [1.807, 2.05) is 18.2 Å². The number of thioether (sulfide) groups is 1. The van der Waals surface area contributed by atoms with Gasteiger partial charge in [-0.15, -0.1) is 0 Å².